The molecule has 1 aromatic carbocycles. The topological polar surface area (TPSA) is 68.0 Å². The van der Waals surface area contributed by atoms with E-state index < -0.39 is 0 Å². The summed E-state index contributed by atoms with van der Waals surface area (Å²) in [5, 5.41) is 5.36. The van der Waals surface area contributed by atoms with Gasteiger partial charge in [0.05, 0.1) is 11.4 Å². The highest BCUT2D eigenvalue weighted by Crippen LogP contribution is 2.29. The maximum Gasteiger partial charge on any atom is 0.224 e. The van der Waals surface area contributed by atoms with Gasteiger partial charge in [-0.15, -0.1) is 11.3 Å². The van der Waals surface area contributed by atoms with Gasteiger partial charge in [-0.2, -0.15) is 0 Å². The van der Waals surface area contributed by atoms with E-state index in [4.69, 9.17) is 5.73 Å². The molecule has 2 rings (SSSR count). The van der Waals surface area contributed by atoms with Crippen LogP contribution in [0.25, 0.3) is 11.3 Å². The number of para-hydroxylation sites is 1. The van der Waals surface area contributed by atoms with E-state index in [1.165, 1.54) is 11.3 Å². The Labute approximate surface area is 116 Å². The van der Waals surface area contributed by atoms with Crippen molar-refractivity contribution in [3.8, 4) is 11.3 Å². The maximum atomic E-state index is 11.8. The number of anilines is 2. The Balaban J connectivity index is 2.19. The highest BCUT2D eigenvalue weighted by molar-refractivity contribution is 7.13. The second kappa shape index (κ2) is 6.33. The number of rotatable bonds is 5. The van der Waals surface area contributed by atoms with Crippen LogP contribution in [0.2, 0.25) is 0 Å². The second-order valence-corrected chi connectivity index (χ2v) is 5.16. The SMILES string of the molecule is CCCCC(=O)Nc1ccccc1-c1csc(N)n1. The van der Waals surface area contributed by atoms with Crippen LogP contribution in [0.3, 0.4) is 0 Å². The van der Waals surface area contributed by atoms with E-state index in [1.54, 1.807) is 0 Å². The van der Waals surface area contributed by atoms with Crippen LogP contribution in [-0.2, 0) is 4.79 Å². The van der Waals surface area contributed by atoms with E-state index in [-0.39, 0.29) is 5.91 Å². The normalized spacial score (nSPS) is 10.4. The first-order chi connectivity index (χ1) is 9.20. The zero-order valence-electron chi connectivity index (χ0n) is 10.8. The van der Waals surface area contributed by atoms with Crippen molar-refractivity contribution in [1.29, 1.82) is 0 Å². The Morgan fingerprint density at radius 3 is 2.89 bits per heavy atom. The van der Waals surface area contributed by atoms with Crippen molar-refractivity contribution in [2.45, 2.75) is 26.2 Å². The summed E-state index contributed by atoms with van der Waals surface area (Å²) in [6.07, 6.45) is 2.46. The monoisotopic (exact) mass is 275 g/mol. The van der Waals surface area contributed by atoms with E-state index in [0.29, 0.717) is 11.6 Å². The number of nitrogens with zero attached hydrogens (tertiary/aromatic N) is 1. The number of nitrogens with one attached hydrogen (secondary N) is 1. The quantitative estimate of drug-likeness (QED) is 0.877. The van der Waals surface area contributed by atoms with Gasteiger partial charge in [-0.25, -0.2) is 4.98 Å². The van der Waals surface area contributed by atoms with Gasteiger partial charge < -0.3 is 11.1 Å². The molecule has 0 unspecified atom stereocenters. The van der Waals surface area contributed by atoms with Gasteiger partial charge in [0.15, 0.2) is 5.13 Å². The summed E-state index contributed by atoms with van der Waals surface area (Å²) in [4.78, 5) is 16.1. The van der Waals surface area contributed by atoms with E-state index >= 15 is 0 Å². The van der Waals surface area contributed by atoms with Crippen LogP contribution in [0, 0.1) is 0 Å². The van der Waals surface area contributed by atoms with E-state index in [0.717, 1.165) is 29.8 Å². The molecule has 0 saturated carbocycles. The van der Waals surface area contributed by atoms with Crippen LogP contribution in [-0.4, -0.2) is 10.9 Å². The molecule has 0 aliphatic carbocycles. The number of unbranched alkanes of at least 4 members (excludes halogenated alkanes) is 1. The third kappa shape index (κ3) is 3.54. The zero-order chi connectivity index (χ0) is 13.7. The molecule has 1 aromatic heterocycles. The number of aromatic nitrogens is 1. The summed E-state index contributed by atoms with van der Waals surface area (Å²) < 4.78 is 0. The van der Waals surface area contributed by atoms with Gasteiger partial charge >= 0.3 is 0 Å². The van der Waals surface area contributed by atoms with Gasteiger partial charge in [0, 0.05) is 17.4 Å². The zero-order valence-corrected chi connectivity index (χ0v) is 11.7. The first-order valence-electron chi connectivity index (χ1n) is 6.31. The number of nitrogens with two attached hydrogens (primary N) is 1. The van der Waals surface area contributed by atoms with Crippen molar-refractivity contribution in [2.75, 3.05) is 11.1 Å². The van der Waals surface area contributed by atoms with Crippen molar-refractivity contribution >= 4 is 28.1 Å². The minimum Gasteiger partial charge on any atom is -0.375 e. The highest BCUT2D eigenvalue weighted by atomic mass is 32.1. The summed E-state index contributed by atoms with van der Waals surface area (Å²) in [7, 11) is 0. The minimum absolute atomic E-state index is 0.0394. The van der Waals surface area contributed by atoms with Crippen molar-refractivity contribution in [3.63, 3.8) is 0 Å². The molecule has 0 saturated heterocycles. The second-order valence-electron chi connectivity index (χ2n) is 4.27. The number of nitrogen functional groups attached to an aromatic ring is 1. The lowest BCUT2D eigenvalue weighted by molar-refractivity contribution is -0.116. The molecule has 0 fully saturated rings. The van der Waals surface area contributed by atoms with Crippen LogP contribution < -0.4 is 11.1 Å². The fourth-order valence-corrected chi connectivity index (χ4v) is 2.34. The molecule has 19 heavy (non-hydrogen) atoms. The molecule has 5 heteroatoms. The predicted octanol–water partition coefficient (Wildman–Crippen LogP) is 3.52. The first-order valence-corrected chi connectivity index (χ1v) is 7.19. The predicted molar refractivity (Wildman–Crippen MR) is 80.1 cm³/mol. The number of thiazole rings is 1. The smallest absolute Gasteiger partial charge is 0.224 e. The first kappa shape index (κ1) is 13.5. The molecule has 0 atom stereocenters. The Hall–Kier alpha value is -1.88. The molecule has 0 spiro atoms. The molecule has 4 nitrogen and oxygen atoms in total. The van der Waals surface area contributed by atoms with Crippen molar-refractivity contribution in [2.24, 2.45) is 0 Å². The number of carbonyl (C=O) groups excluding carboxylic acids is 1. The molecular formula is C14H17N3OS. The number of hydrogen-bond donors (Lipinski definition) is 2. The molecule has 0 aliphatic heterocycles. The number of benzene rings is 1. The molecule has 1 amide bonds. The van der Waals surface area contributed by atoms with Gasteiger partial charge in [0.2, 0.25) is 5.91 Å². The van der Waals surface area contributed by atoms with Crippen molar-refractivity contribution in [1.82, 2.24) is 4.98 Å². The average Bonchev–Trinajstić information content (AvgIpc) is 2.83. The Morgan fingerprint density at radius 1 is 1.42 bits per heavy atom. The van der Waals surface area contributed by atoms with Crippen LogP contribution in [0.4, 0.5) is 10.8 Å². The molecule has 0 bridgehead atoms. The van der Waals surface area contributed by atoms with Crippen LogP contribution in [0.5, 0.6) is 0 Å². The minimum atomic E-state index is 0.0394. The molecule has 100 valence electrons. The van der Waals surface area contributed by atoms with Crippen molar-refractivity contribution < 1.29 is 4.79 Å². The van der Waals surface area contributed by atoms with Gasteiger partial charge in [-0.1, -0.05) is 31.5 Å². The Bertz CT molecular complexity index is 565. The molecular weight excluding hydrogens is 258 g/mol. The van der Waals surface area contributed by atoms with E-state index in [1.807, 2.05) is 29.6 Å². The molecule has 0 radical (unpaired) electrons. The van der Waals surface area contributed by atoms with Gasteiger partial charge in [-0.05, 0) is 12.5 Å². The van der Waals surface area contributed by atoms with Crippen LogP contribution >= 0.6 is 11.3 Å². The molecule has 0 aliphatic rings. The lowest BCUT2D eigenvalue weighted by Gasteiger charge is -2.09. The number of carbonyl (C=O) groups is 1. The summed E-state index contributed by atoms with van der Waals surface area (Å²) in [5.74, 6) is 0.0394. The third-order valence-electron chi connectivity index (χ3n) is 2.76. The molecule has 3 N–H and O–H groups in total. The van der Waals surface area contributed by atoms with Crippen LogP contribution in [0.15, 0.2) is 29.6 Å². The van der Waals surface area contributed by atoms with Crippen molar-refractivity contribution in [3.05, 3.63) is 29.6 Å². The summed E-state index contributed by atoms with van der Waals surface area (Å²) in [5.41, 5.74) is 8.14. The largest absolute Gasteiger partial charge is 0.375 e. The number of amides is 1. The average molecular weight is 275 g/mol. The highest BCUT2D eigenvalue weighted by Gasteiger charge is 2.10. The fourth-order valence-electron chi connectivity index (χ4n) is 1.78. The van der Waals surface area contributed by atoms with E-state index in [9.17, 15) is 4.79 Å². The lowest BCUT2D eigenvalue weighted by atomic mass is 10.1. The fraction of sp³-hybridized carbons (Fsp3) is 0.286. The summed E-state index contributed by atoms with van der Waals surface area (Å²) in [6.45, 7) is 2.07. The number of hydrogen-bond acceptors (Lipinski definition) is 4. The summed E-state index contributed by atoms with van der Waals surface area (Å²) >= 11 is 1.39. The standard InChI is InChI=1S/C14H17N3OS/c1-2-3-8-13(18)16-11-7-5-4-6-10(11)12-9-19-14(15)17-12/h4-7,9H,2-3,8H2,1H3,(H2,15,17)(H,16,18). The Kier molecular flexibility index (Phi) is 4.52. The maximum absolute atomic E-state index is 11.8. The Morgan fingerprint density at radius 2 is 2.21 bits per heavy atom. The lowest BCUT2D eigenvalue weighted by Crippen LogP contribution is -2.11. The van der Waals surface area contributed by atoms with E-state index in [2.05, 4.69) is 17.2 Å². The van der Waals surface area contributed by atoms with Gasteiger partial charge in [-0.3, -0.25) is 4.79 Å². The van der Waals surface area contributed by atoms with Gasteiger partial charge in [0.1, 0.15) is 0 Å². The van der Waals surface area contributed by atoms with Gasteiger partial charge in [0.25, 0.3) is 0 Å². The molecule has 2 aromatic rings. The van der Waals surface area contributed by atoms with Crippen LogP contribution in [0.1, 0.15) is 26.2 Å². The molecule has 1 heterocycles. The third-order valence-corrected chi connectivity index (χ3v) is 3.43. The summed E-state index contributed by atoms with van der Waals surface area (Å²) in [6, 6.07) is 7.64.